The summed E-state index contributed by atoms with van der Waals surface area (Å²) >= 11 is 11.7. The third kappa shape index (κ3) is 4.38. The molecule has 0 heterocycles. The normalized spacial score (nSPS) is 10.3. The quantitative estimate of drug-likeness (QED) is 0.859. The summed E-state index contributed by atoms with van der Waals surface area (Å²) in [6.45, 7) is 4.27. The third-order valence-corrected chi connectivity index (χ3v) is 3.90. The Kier molecular flexibility index (Phi) is 5.10. The van der Waals surface area contributed by atoms with E-state index in [1.807, 2.05) is 25.1 Å². The van der Waals surface area contributed by atoms with Crippen LogP contribution in [-0.2, 0) is 4.79 Å². The molecule has 0 radical (unpaired) electrons. The molecule has 0 unspecified atom stereocenters. The topological polar surface area (TPSA) is 41.1 Å². The minimum absolute atomic E-state index is 0.147. The molecule has 110 valence electrons. The molecule has 2 aromatic carbocycles. The van der Waals surface area contributed by atoms with Gasteiger partial charge in [0.2, 0.25) is 5.91 Å². The van der Waals surface area contributed by atoms with Gasteiger partial charge in [-0.15, -0.1) is 0 Å². The van der Waals surface area contributed by atoms with E-state index >= 15 is 0 Å². The standard InChI is InChI=1S/C16H16Cl2N2O/c1-10-3-4-12(7-11(10)2)19-9-16(21)20-13-5-6-14(17)15(18)8-13/h3-8,19H,9H2,1-2H3,(H,20,21). The predicted octanol–water partition coefficient (Wildman–Crippen LogP) is 4.66. The van der Waals surface area contributed by atoms with Crippen LogP contribution < -0.4 is 10.6 Å². The molecule has 0 aromatic heterocycles. The number of hydrogen-bond donors (Lipinski definition) is 2. The van der Waals surface area contributed by atoms with Gasteiger partial charge in [0.15, 0.2) is 0 Å². The number of hydrogen-bond acceptors (Lipinski definition) is 2. The number of carbonyl (C=O) groups is 1. The summed E-state index contributed by atoms with van der Waals surface area (Å²) in [5.41, 5.74) is 3.95. The summed E-state index contributed by atoms with van der Waals surface area (Å²) in [6, 6.07) is 11.0. The Morgan fingerprint density at radius 1 is 0.952 bits per heavy atom. The van der Waals surface area contributed by atoms with E-state index < -0.39 is 0 Å². The van der Waals surface area contributed by atoms with Gasteiger partial charge in [-0.1, -0.05) is 29.3 Å². The molecule has 0 aliphatic rings. The highest BCUT2D eigenvalue weighted by Crippen LogP contribution is 2.24. The molecule has 21 heavy (non-hydrogen) atoms. The number of carbonyl (C=O) groups excluding carboxylic acids is 1. The van der Waals surface area contributed by atoms with Gasteiger partial charge < -0.3 is 10.6 Å². The molecular formula is C16H16Cl2N2O. The zero-order valence-electron chi connectivity index (χ0n) is 11.8. The van der Waals surface area contributed by atoms with Crippen LogP contribution in [0.15, 0.2) is 36.4 Å². The van der Waals surface area contributed by atoms with Gasteiger partial charge in [-0.3, -0.25) is 4.79 Å². The van der Waals surface area contributed by atoms with Crippen LogP contribution in [0, 0.1) is 13.8 Å². The SMILES string of the molecule is Cc1ccc(NCC(=O)Nc2ccc(Cl)c(Cl)c2)cc1C. The van der Waals surface area contributed by atoms with Crippen molar-refractivity contribution in [2.24, 2.45) is 0 Å². The van der Waals surface area contributed by atoms with Crippen molar-refractivity contribution in [2.45, 2.75) is 13.8 Å². The Morgan fingerprint density at radius 3 is 2.33 bits per heavy atom. The summed E-state index contributed by atoms with van der Waals surface area (Å²) in [5.74, 6) is -0.147. The van der Waals surface area contributed by atoms with Gasteiger partial charge in [0.25, 0.3) is 0 Å². The minimum Gasteiger partial charge on any atom is -0.376 e. The van der Waals surface area contributed by atoms with Crippen molar-refractivity contribution in [1.82, 2.24) is 0 Å². The minimum atomic E-state index is -0.147. The second-order valence-electron chi connectivity index (χ2n) is 4.83. The molecule has 0 aliphatic heterocycles. The monoisotopic (exact) mass is 322 g/mol. The van der Waals surface area contributed by atoms with Gasteiger partial charge in [0, 0.05) is 11.4 Å². The predicted molar refractivity (Wildman–Crippen MR) is 89.5 cm³/mol. The second kappa shape index (κ2) is 6.83. The van der Waals surface area contributed by atoms with Gasteiger partial charge in [-0.05, 0) is 55.3 Å². The Hall–Kier alpha value is -1.71. The maximum Gasteiger partial charge on any atom is 0.243 e. The second-order valence-corrected chi connectivity index (χ2v) is 5.64. The van der Waals surface area contributed by atoms with Crippen molar-refractivity contribution >= 4 is 40.5 Å². The van der Waals surface area contributed by atoms with E-state index in [1.54, 1.807) is 18.2 Å². The van der Waals surface area contributed by atoms with Crippen LogP contribution in [0.2, 0.25) is 10.0 Å². The molecule has 5 heteroatoms. The molecule has 0 atom stereocenters. The van der Waals surface area contributed by atoms with Crippen LogP contribution in [0.3, 0.4) is 0 Å². The summed E-state index contributed by atoms with van der Waals surface area (Å²) in [4.78, 5) is 11.9. The van der Waals surface area contributed by atoms with Crippen LogP contribution in [0.1, 0.15) is 11.1 Å². The van der Waals surface area contributed by atoms with Gasteiger partial charge in [0.05, 0.1) is 16.6 Å². The first kappa shape index (κ1) is 15.7. The third-order valence-electron chi connectivity index (χ3n) is 3.16. The van der Waals surface area contributed by atoms with Crippen molar-refractivity contribution in [3.05, 3.63) is 57.6 Å². The Bertz CT molecular complexity index is 671. The molecule has 0 spiro atoms. The fourth-order valence-electron chi connectivity index (χ4n) is 1.81. The van der Waals surface area contributed by atoms with Crippen LogP contribution in [-0.4, -0.2) is 12.5 Å². The number of anilines is 2. The summed E-state index contributed by atoms with van der Waals surface area (Å²) in [5, 5.41) is 6.72. The Balaban J connectivity index is 1.92. The van der Waals surface area contributed by atoms with Crippen molar-refractivity contribution in [3.63, 3.8) is 0 Å². The molecule has 2 rings (SSSR count). The molecule has 2 aromatic rings. The summed E-state index contributed by atoms with van der Waals surface area (Å²) < 4.78 is 0. The largest absolute Gasteiger partial charge is 0.376 e. The van der Waals surface area contributed by atoms with Gasteiger partial charge >= 0.3 is 0 Å². The highest BCUT2D eigenvalue weighted by molar-refractivity contribution is 6.42. The lowest BCUT2D eigenvalue weighted by molar-refractivity contribution is -0.114. The van der Waals surface area contributed by atoms with E-state index in [-0.39, 0.29) is 12.5 Å². The van der Waals surface area contributed by atoms with Crippen LogP contribution in [0.25, 0.3) is 0 Å². The van der Waals surface area contributed by atoms with Crippen molar-refractivity contribution in [2.75, 3.05) is 17.2 Å². The molecule has 0 saturated carbocycles. The first-order chi connectivity index (χ1) is 9.95. The maximum absolute atomic E-state index is 11.9. The molecule has 0 saturated heterocycles. The van der Waals surface area contributed by atoms with E-state index in [0.29, 0.717) is 15.7 Å². The zero-order chi connectivity index (χ0) is 15.4. The van der Waals surface area contributed by atoms with Crippen LogP contribution in [0.4, 0.5) is 11.4 Å². The molecule has 0 bridgehead atoms. The lowest BCUT2D eigenvalue weighted by Gasteiger charge is -2.10. The van der Waals surface area contributed by atoms with Gasteiger partial charge in [-0.25, -0.2) is 0 Å². The fraction of sp³-hybridized carbons (Fsp3) is 0.188. The molecule has 0 aliphatic carbocycles. The molecule has 2 N–H and O–H groups in total. The average Bonchev–Trinajstić information content (AvgIpc) is 2.44. The van der Waals surface area contributed by atoms with E-state index in [1.165, 1.54) is 11.1 Å². The van der Waals surface area contributed by atoms with Crippen molar-refractivity contribution in [1.29, 1.82) is 0 Å². The van der Waals surface area contributed by atoms with Crippen molar-refractivity contribution < 1.29 is 4.79 Å². The lowest BCUT2D eigenvalue weighted by atomic mass is 10.1. The first-order valence-corrected chi connectivity index (χ1v) is 7.27. The lowest BCUT2D eigenvalue weighted by Crippen LogP contribution is -2.21. The van der Waals surface area contributed by atoms with Crippen LogP contribution >= 0.6 is 23.2 Å². The summed E-state index contributed by atoms with van der Waals surface area (Å²) in [7, 11) is 0. The number of nitrogens with one attached hydrogen (secondary N) is 2. The zero-order valence-corrected chi connectivity index (χ0v) is 13.3. The fourth-order valence-corrected chi connectivity index (χ4v) is 2.11. The maximum atomic E-state index is 11.9. The smallest absolute Gasteiger partial charge is 0.243 e. The molecule has 1 amide bonds. The van der Waals surface area contributed by atoms with E-state index in [4.69, 9.17) is 23.2 Å². The number of aryl methyl sites for hydroxylation is 2. The van der Waals surface area contributed by atoms with Crippen LogP contribution in [0.5, 0.6) is 0 Å². The van der Waals surface area contributed by atoms with Crippen molar-refractivity contribution in [3.8, 4) is 0 Å². The number of rotatable bonds is 4. The highest BCUT2D eigenvalue weighted by atomic mass is 35.5. The molecular weight excluding hydrogens is 307 g/mol. The highest BCUT2D eigenvalue weighted by Gasteiger charge is 2.05. The Labute approximate surface area is 134 Å². The van der Waals surface area contributed by atoms with Gasteiger partial charge in [0.1, 0.15) is 0 Å². The number of amides is 1. The number of halogens is 2. The van der Waals surface area contributed by atoms with E-state index in [9.17, 15) is 4.79 Å². The molecule has 0 fully saturated rings. The first-order valence-electron chi connectivity index (χ1n) is 6.52. The van der Waals surface area contributed by atoms with E-state index in [0.717, 1.165) is 5.69 Å². The summed E-state index contributed by atoms with van der Waals surface area (Å²) in [6.07, 6.45) is 0. The Morgan fingerprint density at radius 2 is 1.67 bits per heavy atom. The average molecular weight is 323 g/mol. The number of benzene rings is 2. The van der Waals surface area contributed by atoms with E-state index in [2.05, 4.69) is 17.6 Å². The van der Waals surface area contributed by atoms with Gasteiger partial charge in [-0.2, -0.15) is 0 Å². The molecule has 3 nitrogen and oxygen atoms in total.